The Kier molecular flexibility index (Phi) is 9.73. The number of esters is 1. The molecule has 0 saturated carbocycles. The lowest BCUT2D eigenvalue weighted by molar-refractivity contribution is -0.143. The van der Waals surface area contributed by atoms with E-state index in [2.05, 4.69) is 10.2 Å². The highest BCUT2D eigenvalue weighted by molar-refractivity contribution is 6.30. The second-order valence-electron chi connectivity index (χ2n) is 9.26. The fraction of sp³-hybridized carbons (Fsp3) is 0.276. The Bertz CT molecular complexity index is 1300. The van der Waals surface area contributed by atoms with Gasteiger partial charge in [0.2, 0.25) is 11.8 Å². The number of hydrogen-bond acceptors (Lipinski definition) is 5. The SMILES string of the molecule is CCOC(=O)CNC(=O)CC(=O)N(c1cc(F)cc(F)c1)C1CN(C(c2ccc(Cl)cc2)c2ccc(Cl)cc2)C1. The smallest absolute Gasteiger partial charge is 0.325 e. The maximum atomic E-state index is 14.2. The maximum Gasteiger partial charge on any atom is 0.325 e. The summed E-state index contributed by atoms with van der Waals surface area (Å²) in [6.07, 6.45) is -0.619. The van der Waals surface area contributed by atoms with Gasteiger partial charge in [-0.1, -0.05) is 47.5 Å². The molecule has 3 aromatic rings. The molecule has 2 amide bonds. The molecule has 1 saturated heterocycles. The molecule has 0 aromatic heterocycles. The van der Waals surface area contributed by atoms with Crippen molar-refractivity contribution in [2.45, 2.75) is 25.4 Å². The summed E-state index contributed by atoms with van der Waals surface area (Å²) < 4.78 is 33.1. The predicted octanol–water partition coefficient (Wildman–Crippen LogP) is 5.15. The normalized spacial score (nSPS) is 13.6. The molecule has 11 heteroatoms. The van der Waals surface area contributed by atoms with Gasteiger partial charge in [-0.15, -0.1) is 0 Å². The Morgan fingerprint density at radius 3 is 1.98 bits per heavy atom. The van der Waals surface area contributed by atoms with Crippen LogP contribution in [0.2, 0.25) is 10.0 Å². The first kappa shape index (κ1) is 29.5. The van der Waals surface area contributed by atoms with Crippen LogP contribution in [0, 0.1) is 11.6 Å². The van der Waals surface area contributed by atoms with Crippen molar-refractivity contribution in [1.29, 1.82) is 0 Å². The van der Waals surface area contributed by atoms with E-state index >= 15 is 0 Å². The van der Waals surface area contributed by atoms with E-state index in [1.165, 1.54) is 4.90 Å². The van der Waals surface area contributed by atoms with Gasteiger partial charge >= 0.3 is 5.97 Å². The lowest BCUT2D eigenvalue weighted by Crippen LogP contribution is -2.62. The van der Waals surface area contributed by atoms with Crippen LogP contribution in [0.25, 0.3) is 0 Å². The Morgan fingerprint density at radius 2 is 1.48 bits per heavy atom. The molecule has 0 unspecified atom stereocenters. The number of ether oxygens (including phenoxy) is 1. The van der Waals surface area contributed by atoms with Crippen molar-refractivity contribution in [3.8, 4) is 0 Å². The van der Waals surface area contributed by atoms with E-state index in [-0.39, 0.29) is 18.3 Å². The van der Waals surface area contributed by atoms with Gasteiger partial charge in [-0.3, -0.25) is 19.3 Å². The van der Waals surface area contributed by atoms with Crippen LogP contribution in [0.1, 0.15) is 30.5 Å². The van der Waals surface area contributed by atoms with Crippen LogP contribution in [0.5, 0.6) is 0 Å². The largest absolute Gasteiger partial charge is 0.465 e. The lowest BCUT2D eigenvalue weighted by Gasteiger charge is -2.49. The summed E-state index contributed by atoms with van der Waals surface area (Å²) in [6, 6.07) is 16.9. The zero-order chi connectivity index (χ0) is 28.8. The van der Waals surface area contributed by atoms with Gasteiger partial charge in [-0.25, -0.2) is 8.78 Å². The van der Waals surface area contributed by atoms with E-state index in [1.807, 2.05) is 24.3 Å². The zero-order valence-corrected chi connectivity index (χ0v) is 23.1. The van der Waals surface area contributed by atoms with E-state index in [9.17, 15) is 23.2 Å². The third-order valence-corrected chi connectivity index (χ3v) is 6.94. The highest BCUT2D eigenvalue weighted by Gasteiger charge is 2.40. The van der Waals surface area contributed by atoms with Crippen molar-refractivity contribution in [2.75, 3.05) is 31.1 Å². The Balaban J connectivity index is 1.56. The molecule has 4 rings (SSSR count). The number of benzene rings is 3. The average Bonchev–Trinajstić information content (AvgIpc) is 2.87. The molecule has 7 nitrogen and oxygen atoms in total. The summed E-state index contributed by atoms with van der Waals surface area (Å²) >= 11 is 12.2. The highest BCUT2D eigenvalue weighted by atomic mass is 35.5. The van der Waals surface area contributed by atoms with E-state index < -0.39 is 48.4 Å². The third kappa shape index (κ3) is 7.35. The zero-order valence-electron chi connectivity index (χ0n) is 21.6. The molecule has 3 aromatic carbocycles. The van der Waals surface area contributed by atoms with Gasteiger partial charge in [-0.05, 0) is 54.4 Å². The number of likely N-dealkylation sites (tertiary alicyclic amines) is 1. The van der Waals surface area contributed by atoms with Gasteiger partial charge in [0.05, 0.1) is 18.7 Å². The summed E-state index contributed by atoms with van der Waals surface area (Å²) in [5.41, 5.74) is 1.91. The topological polar surface area (TPSA) is 78.9 Å². The van der Waals surface area contributed by atoms with Crippen LogP contribution >= 0.6 is 23.2 Å². The highest BCUT2D eigenvalue weighted by Crippen LogP contribution is 2.36. The molecule has 0 spiro atoms. The number of anilines is 1. The van der Waals surface area contributed by atoms with Gasteiger partial charge in [0.25, 0.3) is 0 Å². The van der Waals surface area contributed by atoms with E-state index in [0.29, 0.717) is 29.2 Å². The van der Waals surface area contributed by atoms with Gasteiger partial charge in [0.15, 0.2) is 0 Å². The molecular formula is C29H27Cl2F2N3O4. The molecule has 40 heavy (non-hydrogen) atoms. The lowest BCUT2D eigenvalue weighted by atomic mass is 9.92. The minimum atomic E-state index is -0.851. The van der Waals surface area contributed by atoms with Crippen molar-refractivity contribution in [2.24, 2.45) is 0 Å². The van der Waals surface area contributed by atoms with Crippen molar-refractivity contribution in [3.63, 3.8) is 0 Å². The molecule has 1 fully saturated rings. The molecule has 1 N–H and O–H groups in total. The second kappa shape index (κ2) is 13.2. The summed E-state index contributed by atoms with van der Waals surface area (Å²) in [7, 11) is 0. The Morgan fingerprint density at radius 1 is 0.950 bits per heavy atom. The number of carbonyl (C=O) groups excluding carboxylic acids is 3. The monoisotopic (exact) mass is 589 g/mol. The molecule has 1 aliphatic heterocycles. The maximum absolute atomic E-state index is 14.2. The number of nitrogens with one attached hydrogen (secondary N) is 1. The first-order chi connectivity index (χ1) is 19.1. The summed E-state index contributed by atoms with van der Waals surface area (Å²) in [4.78, 5) is 40.7. The molecular weight excluding hydrogens is 563 g/mol. The molecule has 210 valence electrons. The minimum Gasteiger partial charge on any atom is -0.465 e. The average molecular weight is 590 g/mol. The standard InChI is InChI=1S/C29H27Cl2F2N3O4/c1-2-40-28(39)15-34-26(37)14-27(38)36(24-12-22(32)11-23(33)13-24)25-16-35(17-25)29(18-3-7-20(30)8-4-18)19-5-9-21(31)10-6-19/h3-13,25,29H,2,14-17H2,1H3,(H,34,37). The van der Waals surface area contributed by atoms with Crippen LogP contribution in [0.3, 0.4) is 0 Å². The quantitative estimate of drug-likeness (QED) is 0.261. The fourth-order valence-corrected chi connectivity index (χ4v) is 4.92. The van der Waals surface area contributed by atoms with Gasteiger partial charge < -0.3 is 15.0 Å². The van der Waals surface area contributed by atoms with Crippen LogP contribution in [-0.4, -0.2) is 55.0 Å². The molecule has 1 heterocycles. The molecule has 0 radical (unpaired) electrons. The molecule has 0 atom stereocenters. The molecule has 1 aliphatic rings. The van der Waals surface area contributed by atoms with E-state index in [0.717, 1.165) is 23.3 Å². The van der Waals surface area contributed by atoms with E-state index in [1.54, 1.807) is 31.2 Å². The number of rotatable bonds is 10. The summed E-state index contributed by atoms with van der Waals surface area (Å²) in [5, 5.41) is 3.52. The predicted molar refractivity (Wildman–Crippen MR) is 148 cm³/mol. The van der Waals surface area contributed by atoms with Crippen molar-refractivity contribution in [1.82, 2.24) is 10.2 Å². The molecule has 0 bridgehead atoms. The van der Waals surface area contributed by atoms with Gasteiger partial charge in [0.1, 0.15) is 24.6 Å². The van der Waals surface area contributed by atoms with Crippen LogP contribution < -0.4 is 10.2 Å². The van der Waals surface area contributed by atoms with Crippen LogP contribution in [0.15, 0.2) is 66.7 Å². The Labute approximate surface area is 240 Å². The van der Waals surface area contributed by atoms with Crippen LogP contribution in [-0.2, 0) is 19.1 Å². The van der Waals surface area contributed by atoms with Crippen molar-refractivity contribution < 1.29 is 27.9 Å². The fourth-order valence-electron chi connectivity index (χ4n) is 4.67. The number of hydrogen-bond donors (Lipinski definition) is 1. The number of amides is 2. The summed E-state index contributed by atoms with van der Waals surface area (Å²) in [5.74, 6) is -3.72. The Hall–Kier alpha value is -3.53. The van der Waals surface area contributed by atoms with Gasteiger partial charge in [0, 0.05) is 34.9 Å². The van der Waals surface area contributed by atoms with Crippen LogP contribution in [0.4, 0.5) is 14.5 Å². The molecule has 0 aliphatic carbocycles. The van der Waals surface area contributed by atoms with Crippen molar-refractivity contribution >= 4 is 46.7 Å². The second-order valence-corrected chi connectivity index (χ2v) is 10.1. The van der Waals surface area contributed by atoms with Gasteiger partial charge in [-0.2, -0.15) is 0 Å². The first-order valence-corrected chi connectivity index (χ1v) is 13.4. The minimum absolute atomic E-state index is 0.000112. The van der Waals surface area contributed by atoms with Crippen molar-refractivity contribution in [3.05, 3.63) is 99.5 Å². The summed E-state index contributed by atoms with van der Waals surface area (Å²) in [6.45, 7) is 2.09. The number of carbonyl (C=O) groups is 3. The third-order valence-electron chi connectivity index (χ3n) is 6.43. The number of nitrogens with zero attached hydrogens (tertiary/aromatic N) is 2. The first-order valence-electron chi connectivity index (χ1n) is 12.6. The van der Waals surface area contributed by atoms with E-state index in [4.69, 9.17) is 27.9 Å². The number of halogens is 4.